The van der Waals surface area contributed by atoms with Crippen LogP contribution in [-0.2, 0) is 29.7 Å². The predicted molar refractivity (Wildman–Crippen MR) is 140 cm³/mol. The molecular formula is C23H34IN7O2. The number of halogens is 1. The van der Waals surface area contributed by atoms with Gasteiger partial charge in [-0.2, -0.15) is 5.10 Å². The molecule has 33 heavy (non-hydrogen) atoms. The van der Waals surface area contributed by atoms with Crippen LogP contribution in [0, 0.1) is 0 Å². The van der Waals surface area contributed by atoms with Crippen molar-refractivity contribution < 1.29 is 9.53 Å². The minimum atomic E-state index is 0. The molecule has 1 aromatic carbocycles. The average Bonchev–Trinajstić information content (AvgIpc) is 3.23. The van der Waals surface area contributed by atoms with Crippen molar-refractivity contribution in [3.8, 4) is 0 Å². The second-order valence-corrected chi connectivity index (χ2v) is 8.22. The summed E-state index contributed by atoms with van der Waals surface area (Å²) >= 11 is 0. The Labute approximate surface area is 212 Å². The van der Waals surface area contributed by atoms with Gasteiger partial charge in [-0.15, -0.1) is 24.0 Å². The Kier molecular flexibility index (Phi) is 9.51. The fourth-order valence-electron chi connectivity index (χ4n) is 4.11. The van der Waals surface area contributed by atoms with E-state index in [-0.39, 0.29) is 29.9 Å². The van der Waals surface area contributed by atoms with E-state index in [0.717, 1.165) is 57.6 Å². The largest absolute Gasteiger partial charge is 0.379 e. The topological polar surface area (TPSA) is 78.2 Å². The lowest BCUT2D eigenvalue weighted by atomic mass is 10.1. The first-order chi connectivity index (χ1) is 15.6. The molecule has 4 rings (SSSR count). The van der Waals surface area contributed by atoms with E-state index in [1.54, 1.807) is 15.8 Å². The van der Waals surface area contributed by atoms with E-state index < -0.39 is 0 Å². The number of carbonyl (C=O) groups excluding carboxylic acids is 1. The number of aliphatic imine (C=N–C) groups is 1. The molecule has 0 aliphatic carbocycles. The lowest BCUT2D eigenvalue weighted by molar-refractivity contribution is -0.120. The first-order valence-corrected chi connectivity index (χ1v) is 11.3. The van der Waals surface area contributed by atoms with Gasteiger partial charge in [-0.05, 0) is 18.1 Å². The minimum Gasteiger partial charge on any atom is -0.379 e. The molecule has 2 aromatic rings. The molecule has 2 saturated heterocycles. The molecule has 0 unspecified atom stereocenters. The van der Waals surface area contributed by atoms with Gasteiger partial charge in [0.05, 0.1) is 31.6 Å². The maximum Gasteiger partial charge on any atom is 0.246 e. The number of morpholine rings is 1. The Morgan fingerprint density at radius 3 is 2.67 bits per heavy atom. The van der Waals surface area contributed by atoms with Gasteiger partial charge in [0.1, 0.15) is 6.54 Å². The molecular weight excluding hydrogens is 533 g/mol. The second-order valence-electron chi connectivity index (χ2n) is 8.22. The Hall–Kier alpha value is -2.18. The van der Waals surface area contributed by atoms with Crippen molar-refractivity contribution in [2.24, 2.45) is 12.0 Å². The molecule has 3 heterocycles. The third-order valence-electron chi connectivity index (χ3n) is 5.77. The molecule has 1 aromatic heterocycles. The van der Waals surface area contributed by atoms with Crippen LogP contribution in [0.4, 0.5) is 5.69 Å². The van der Waals surface area contributed by atoms with Gasteiger partial charge in [0, 0.05) is 52.5 Å². The number of ether oxygens (including phenoxy) is 1. The van der Waals surface area contributed by atoms with Gasteiger partial charge in [-0.3, -0.25) is 14.4 Å². The molecule has 0 atom stereocenters. The Morgan fingerprint density at radius 2 is 1.97 bits per heavy atom. The zero-order valence-corrected chi connectivity index (χ0v) is 21.8. The molecule has 2 aliphatic heterocycles. The van der Waals surface area contributed by atoms with Crippen LogP contribution in [0.5, 0.6) is 0 Å². The highest BCUT2D eigenvalue weighted by molar-refractivity contribution is 14.0. The van der Waals surface area contributed by atoms with Gasteiger partial charge in [0.25, 0.3) is 0 Å². The number of nitrogens with one attached hydrogen (secondary N) is 1. The van der Waals surface area contributed by atoms with Gasteiger partial charge >= 0.3 is 0 Å². The summed E-state index contributed by atoms with van der Waals surface area (Å²) in [5.74, 6) is 0.840. The van der Waals surface area contributed by atoms with Gasteiger partial charge in [-0.1, -0.05) is 24.3 Å². The van der Waals surface area contributed by atoms with Crippen LogP contribution in [0.25, 0.3) is 0 Å². The van der Waals surface area contributed by atoms with Crippen molar-refractivity contribution in [1.29, 1.82) is 0 Å². The lowest BCUT2D eigenvalue weighted by Crippen LogP contribution is -2.55. The van der Waals surface area contributed by atoms with Crippen LogP contribution in [0.2, 0.25) is 0 Å². The quantitative estimate of drug-likeness (QED) is 0.326. The van der Waals surface area contributed by atoms with E-state index in [0.29, 0.717) is 19.6 Å². The van der Waals surface area contributed by atoms with Gasteiger partial charge in [-0.25, -0.2) is 4.99 Å². The van der Waals surface area contributed by atoms with Crippen LogP contribution in [0.3, 0.4) is 0 Å². The summed E-state index contributed by atoms with van der Waals surface area (Å²) < 4.78 is 7.16. The number of hydrogen-bond donors (Lipinski definition) is 1. The molecule has 1 N–H and O–H groups in total. The highest BCUT2D eigenvalue weighted by Gasteiger charge is 2.27. The number of anilines is 1. The maximum absolute atomic E-state index is 12.8. The number of benzene rings is 1. The summed E-state index contributed by atoms with van der Waals surface area (Å²) in [4.78, 5) is 23.9. The van der Waals surface area contributed by atoms with Crippen LogP contribution >= 0.6 is 24.0 Å². The van der Waals surface area contributed by atoms with Crippen LogP contribution in [0.15, 0.2) is 41.7 Å². The van der Waals surface area contributed by atoms with E-state index in [1.807, 2.05) is 25.1 Å². The Morgan fingerprint density at radius 1 is 1.18 bits per heavy atom. The van der Waals surface area contributed by atoms with E-state index in [1.165, 1.54) is 11.1 Å². The summed E-state index contributed by atoms with van der Waals surface area (Å²) in [6, 6.07) is 8.61. The normalized spacial score (nSPS) is 17.8. The fraction of sp³-hybridized carbons (Fsp3) is 0.522. The van der Waals surface area contributed by atoms with Gasteiger partial charge in [0.15, 0.2) is 5.96 Å². The van der Waals surface area contributed by atoms with Crippen LogP contribution in [0.1, 0.15) is 18.1 Å². The number of aryl methyl sites for hydroxylation is 1. The summed E-state index contributed by atoms with van der Waals surface area (Å²) in [5.41, 5.74) is 3.31. The first-order valence-electron chi connectivity index (χ1n) is 11.3. The summed E-state index contributed by atoms with van der Waals surface area (Å²) in [6.07, 6.45) is 3.60. The van der Waals surface area contributed by atoms with Crippen LogP contribution in [-0.4, -0.2) is 83.9 Å². The fourth-order valence-corrected chi connectivity index (χ4v) is 4.11. The third kappa shape index (κ3) is 6.90. The average molecular weight is 567 g/mol. The number of amides is 1. The molecule has 0 radical (unpaired) electrons. The Balaban J connectivity index is 0.00000306. The van der Waals surface area contributed by atoms with E-state index in [2.05, 4.69) is 39.6 Å². The molecule has 1 amide bonds. The molecule has 9 nitrogen and oxygen atoms in total. The number of hydrogen-bond acceptors (Lipinski definition) is 5. The summed E-state index contributed by atoms with van der Waals surface area (Å²) in [6.45, 7) is 9.54. The van der Waals surface area contributed by atoms with Crippen molar-refractivity contribution in [2.45, 2.75) is 20.0 Å². The highest BCUT2D eigenvalue weighted by atomic mass is 127. The Bertz CT molecular complexity index is 942. The van der Waals surface area contributed by atoms with Gasteiger partial charge in [0.2, 0.25) is 5.91 Å². The smallest absolute Gasteiger partial charge is 0.246 e. The van der Waals surface area contributed by atoms with Crippen molar-refractivity contribution >= 4 is 41.5 Å². The predicted octanol–water partition coefficient (Wildman–Crippen LogP) is 1.68. The number of aromatic nitrogens is 2. The number of nitrogens with zero attached hydrogens (tertiary/aromatic N) is 6. The lowest BCUT2D eigenvalue weighted by Gasteiger charge is -2.35. The number of guanidine groups is 1. The first kappa shape index (κ1) is 25.4. The molecule has 0 bridgehead atoms. The van der Waals surface area contributed by atoms with Crippen molar-refractivity contribution in [2.75, 3.05) is 57.4 Å². The van der Waals surface area contributed by atoms with E-state index in [4.69, 9.17) is 9.73 Å². The number of rotatable bonds is 6. The van der Waals surface area contributed by atoms with Gasteiger partial charge < -0.3 is 19.9 Å². The van der Waals surface area contributed by atoms with Crippen molar-refractivity contribution in [3.05, 3.63) is 47.8 Å². The standard InChI is InChI=1S/C23H33N7O2.HI/c1-3-24-23(29-7-8-30(22(31)18-29)21-15-26-27(2)17-21)25-14-19-5-4-6-20(13-19)16-28-9-11-32-12-10-28;/h4-6,13,15,17H,3,7-12,14,16,18H2,1-2H3,(H,24,25);1H. The zero-order chi connectivity index (χ0) is 22.3. The minimum absolute atomic E-state index is 0. The third-order valence-corrected chi connectivity index (χ3v) is 5.77. The molecule has 10 heteroatoms. The second kappa shape index (κ2) is 12.3. The zero-order valence-electron chi connectivity index (χ0n) is 19.4. The van der Waals surface area contributed by atoms with Crippen LogP contribution < -0.4 is 10.2 Å². The maximum atomic E-state index is 12.8. The van der Waals surface area contributed by atoms with Crippen molar-refractivity contribution in [3.63, 3.8) is 0 Å². The SMILES string of the molecule is CCNC(=NCc1cccc(CN2CCOCC2)c1)N1CCN(c2cnn(C)c2)C(=O)C1.I. The van der Waals surface area contributed by atoms with Crippen molar-refractivity contribution in [1.82, 2.24) is 24.9 Å². The summed E-state index contributed by atoms with van der Waals surface area (Å²) in [5, 5.41) is 7.53. The number of carbonyl (C=O) groups is 1. The molecule has 0 spiro atoms. The molecule has 180 valence electrons. The molecule has 2 fully saturated rings. The molecule has 0 saturated carbocycles. The van der Waals surface area contributed by atoms with E-state index >= 15 is 0 Å². The van der Waals surface area contributed by atoms with E-state index in [9.17, 15) is 4.79 Å². The number of piperazine rings is 1. The molecule has 2 aliphatic rings. The summed E-state index contributed by atoms with van der Waals surface area (Å²) in [7, 11) is 1.86. The highest BCUT2D eigenvalue weighted by Crippen LogP contribution is 2.16. The monoisotopic (exact) mass is 567 g/mol.